The first-order chi connectivity index (χ1) is 10.5. The first-order valence-electron chi connectivity index (χ1n) is 7.63. The SMILES string of the molecule is Cl.O=C(NCC(O)c1ccc(Cl)cc1Cl)C1CC12CCNCC2. The summed E-state index contributed by atoms with van der Waals surface area (Å²) >= 11 is 11.9. The highest BCUT2D eigenvalue weighted by molar-refractivity contribution is 6.35. The Morgan fingerprint density at radius 3 is 2.74 bits per heavy atom. The van der Waals surface area contributed by atoms with Gasteiger partial charge < -0.3 is 15.7 Å². The number of hydrogen-bond donors (Lipinski definition) is 3. The molecule has 3 rings (SSSR count). The number of rotatable bonds is 4. The average molecular weight is 380 g/mol. The van der Waals surface area contributed by atoms with Crippen molar-refractivity contribution in [3.05, 3.63) is 33.8 Å². The third-order valence-corrected chi connectivity index (χ3v) is 5.46. The van der Waals surface area contributed by atoms with Crippen molar-refractivity contribution < 1.29 is 9.90 Å². The van der Waals surface area contributed by atoms with Crippen molar-refractivity contribution in [1.82, 2.24) is 10.6 Å². The Labute approximate surface area is 152 Å². The first-order valence-corrected chi connectivity index (χ1v) is 8.39. The van der Waals surface area contributed by atoms with Crippen LogP contribution in [0.1, 0.15) is 30.9 Å². The molecule has 0 bridgehead atoms. The molecule has 2 unspecified atom stereocenters. The van der Waals surface area contributed by atoms with Crippen LogP contribution in [0.4, 0.5) is 0 Å². The lowest BCUT2D eigenvalue weighted by Gasteiger charge is -2.23. The minimum Gasteiger partial charge on any atom is -0.387 e. The van der Waals surface area contributed by atoms with Crippen LogP contribution in [-0.2, 0) is 4.79 Å². The van der Waals surface area contributed by atoms with Gasteiger partial charge in [-0.25, -0.2) is 0 Å². The number of halogens is 3. The van der Waals surface area contributed by atoms with E-state index in [-0.39, 0.29) is 36.2 Å². The Bertz CT molecular complexity index is 576. The molecule has 0 aromatic heterocycles. The summed E-state index contributed by atoms with van der Waals surface area (Å²) in [5, 5.41) is 17.3. The minimum atomic E-state index is -0.823. The molecule has 1 aromatic rings. The van der Waals surface area contributed by atoms with Crippen molar-refractivity contribution in [2.45, 2.75) is 25.4 Å². The van der Waals surface area contributed by atoms with Crippen LogP contribution in [0.2, 0.25) is 10.0 Å². The van der Waals surface area contributed by atoms with Gasteiger partial charge in [0.2, 0.25) is 5.91 Å². The second-order valence-corrected chi connectivity index (χ2v) is 7.14. The molecule has 2 fully saturated rings. The molecule has 1 spiro atoms. The molecule has 2 aliphatic rings. The highest BCUT2D eigenvalue weighted by Crippen LogP contribution is 2.58. The molecule has 1 aromatic carbocycles. The predicted octanol–water partition coefficient (Wildman–Crippen LogP) is 2.95. The van der Waals surface area contributed by atoms with Gasteiger partial charge in [0.1, 0.15) is 0 Å². The molecule has 128 valence electrons. The molecule has 2 atom stereocenters. The summed E-state index contributed by atoms with van der Waals surface area (Å²) < 4.78 is 0. The van der Waals surface area contributed by atoms with E-state index in [1.807, 2.05) is 0 Å². The summed E-state index contributed by atoms with van der Waals surface area (Å²) in [5.41, 5.74) is 0.789. The van der Waals surface area contributed by atoms with Crippen molar-refractivity contribution in [2.24, 2.45) is 11.3 Å². The van der Waals surface area contributed by atoms with Crippen LogP contribution in [0.3, 0.4) is 0 Å². The van der Waals surface area contributed by atoms with Gasteiger partial charge in [-0.2, -0.15) is 0 Å². The number of aliphatic hydroxyl groups is 1. The molecular formula is C16H21Cl3N2O2. The largest absolute Gasteiger partial charge is 0.387 e. The van der Waals surface area contributed by atoms with Crippen LogP contribution in [-0.4, -0.2) is 30.6 Å². The topological polar surface area (TPSA) is 61.4 Å². The van der Waals surface area contributed by atoms with Crippen LogP contribution >= 0.6 is 35.6 Å². The van der Waals surface area contributed by atoms with E-state index in [2.05, 4.69) is 10.6 Å². The van der Waals surface area contributed by atoms with E-state index in [1.165, 1.54) is 0 Å². The number of aliphatic hydroxyl groups excluding tert-OH is 1. The Balaban J connectivity index is 0.00000192. The molecule has 4 nitrogen and oxygen atoms in total. The number of nitrogens with one attached hydrogen (secondary N) is 2. The fourth-order valence-corrected chi connectivity index (χ4v) is 3.93. The lowest BCUT2D eigenvalue weighted by atomic mass is 9.92. The lowest BCUT2D eigenvalue weighted by molar-refractivity contribution is -0.123. The van der Waals surface area contributed by atoms with Gasteiger partial charge in [-0.1, -0.05) is 29.3 Å². The molecular weight excluding hydrogens is 359 g/mol. The van der Waals surface area contributed by atoms with E-state index >= 15 is 0 Å². The van der Waals surface area contributed by atoms with Gasteiger partial charge >= 0.3 is 0 Å². The van der Waals surface area contributed by atoms with Gasteiger partial charge in [-0.05, 0) is 49.9 Å². The van der Waals surface area contributed by atoms with Crippen molar-refractivity contribution in [2.75, 3.05) is 19.6 Å². The summed E-state index contributed by atoms with van der Waals surface area (Å²) in [6.45, 7) is 2.16. The number of amides is 1. The Morgan fingerprint density at radius 2 is 2.09 bits per heavy atom. The summed E-state index contributed by atoms with van der Waals surface area (Å²) in [4.78, 5) is 12.3. The zero-order valence-corrected chi connectivity index (χ0v) is 15.0. The number of hydrogen-bond acceptors (Lipinski definition) is 3. The lowest BCUT2D eigenvalue weighted by Crippen LogP contribution is -2.35. The van der Waals surface area contributed by atoms with Gasteiger partial charge in [0, 0.05) is 28.1 Å². The Hall–Kier alpha value is -0.520. The number of carbonyl (C=O) groups is 1. The van der Waals surface area contributed by atoms with Gasteiger partial charge in [-0.15, -0.1) is 12.4 Å². The van der Waals surface area contributed by atoms with Crippen molar-refractivity contribution in [1.29, 1.82) is 0 Å². The average Bonchev–Trinajstić information content (AvgIpc) is 3.18. The Morgan fingerprint density at radius 1 is 1.39 bits per heavy atom. The third-order valence-electron chi connectivity index (χ3n) is 4.90. The maximum atomic E-state index is 12.3. The molecule has 1 heterocycles. The van der Waals surface area contributed by atoms with Gasteiger partial charge in [0.05, 0.1) is 6.10 Å². The minimum absolute atomic E-state index is 0. The molecule has 7 heteroatoms. The molecule has 1 amide bonds. The van der Waals surface area contributed by atoms with E-state index in [0.29, 0.717) is 15.6 Å². The van der Waals surface area contributed by atoms with Crippen LogP contribution in [0.5, 0.6) is 0 Å². The van der Waals surface area contributed by atoms with Crippen LogP contribution in [0, 0.1) is 11.3 Å². The molecule has 1 saturated carbocycles. The standard InChI is InChI=1S/C16H20Cl2N2O2.ClH/c17-10-1-2-11(13(18)7-10)14(21)9-20-15(22)12-8-16(12)3-5-19-6-4-16;/h1-2,7,12,14,19,21H,3-6,8-9H2,(H,20,22);1H. The van der Waals surface area contributed by atoms with Crippen molar-refractivity contribution >= 4 is 41.5 Å². The third kappa shape index (κ3) is 4.12. The molecule has 3 N–H and O–H groups in total. The van der Waals surface area contributed by atoms with E-state index in [4.69, 9.17) is 23.2 Å². The van der Waals surface area contributed by atoms with Crippen molar-refractivity contribution in [3.8, 4) is 0 Å². The Kier molecular flexibility index (Phi) is 6.20. The van der Waals surface area contributed by atoms with E-state index in [0.717, 1.165) is 32.4 Å². The van der Waals surface area contributed by atoms with E-state index in [1.54, 1.807) is 18.2 Å². The normalized spacial score (nSPS) is 23.0. The van der Waals surface area contributed by atoms with Crippen LogP contribution < -0.4 is 10.6 Å². The monoisotopic (exact) mass is 378 g/mol. The molecule has 1 saturated heterocycles. The summed E-state index contributed by atoms with van der Waals surface area (Å²) in [6.07, 6.45) is 2.28. The molecule has 0 radical (unpaired) electrons. The summed E-state index contributed by atoms with van der Waals surface area (Å²) in [7, 11) is 0. The summed E-state index contributed by atoms with van der Waals surface area (Å²) in [5.74, 6) is 0.147. The quantitative estimate of drug-likeness (QED) is 0.754. The fourth-order valence-electron chi connectivity index (χ4n) is 3.40. The van der Waals surface area contributed by atoms with Gasteiger partial charge in [-0.3, -0.25) is 4.79 Å². The predicted molar refractivity (Wildman–Crippen MR) is 94.3 cm³/mol. The zero-order chi connectivity index (χ0) is 15.7. The number of carbonyl (C=O) groups excluding carboxylic acids is 1. The maximum absolute atomic E-state index is 12.3. The van der Waals surface area contributed by atoms with Gasteiger partial charge in [0.15, 0.2) is 0 Å². The first kappa shape index (κ1) is 18.8. The van der Waals surface area contributed by atoms with E-state index < -0.39 is 6.10 Å². The van der Waals surface area contributed by atoms with Gasteiger partial charge in [0.25, 0.3) is 0 Å². The molecule has 1 aliphatic carbocycles. The number of piperidine rings is 1. The van der Waals surface area contributed by atoms with Crippen LogP contribution in [0.15, 0.2) is 18.2 Å². The number of benzene rings is 1. The molecule has 1 aliphatic heterocycles. The zero-order valence-electron chi connectivity index (χ0n) is 12.6. The second-order valence-electron chi connectivity index (χ2n) is 6.30. The maximum Gasteiger partial charge on any atom is 0.223 e. The van der Waals surface area contributed by atoms with Crippen molar-refractivity contribution in [3.63, 3.8) is 0 Å². The van der Waals surface area contributed by atoms with E-state index in [9.17, 15) is 9.90 Å². The fraction of sp³-hybridized carbons (Fsp3) is 0.562. The summed E-state index contributed by atoms with van der Waals surface area (Å²) in [6, 6.07) is 4.96. The second kappa shape index (κ2) is 7.58. The smallest absolute Gasteiger partial charge is 0.223 e. The highest BCUT2D eigenvalue weighted by atomic mass is 35.5. The highest BCUT2D eigenvalue weighted by Gasteiger charge is 2.57. The van der Waals surface area contributed by atoms with Crippen LogP contribution in [0.25, 0.3) is 0 Å². The molecule has 23 heavy (non-hydrogen) atoms.